The Balaban J connectivity index is 1.91. The smallest absolute Gasteiger partial charge is 0.458 e. The zero-order valence-corrected chi connectivity index (χ0v) is 39.7. The van der Waals surface area contributed by atoms with E-state index in [0.29, 0.717) is 31.7 Å². The summed E-state index contributed by atoms with van der Waals surface area (Å²) in [6.07, 6.45) is -7.05. The summed E-state index contributed by atoms with van der Waals surface area (Å²) in [6.45, 7) is 20.6. The van der Waals surface area contributed by atoms with Gasteiger partial charge >= 0.3 is 18.1 Å². The molecule has 4 rings (SSSR count). The van der Waals surface area contributed by atoms with Crippen LogP contribution in [0.15, 0.2) is 5.16 Å². The van der Waals surface area contributed by atoms with E-state index in [1.807, 2.05) is 67.5 Å². The van der Waals surface area contributed by atoms with Crippen molar-refractivity contribution in [2.75, 3.05) is 41.5 Å². The van der Waals surface area contributed by atoms with Gasteiger partial charge < -0.3 is 67.9 Å². The SMILES string of the molecule is CC[C@H]1OC(=O)[C@H](C)[C@@H](O[C@H]2C[C@@](C)(OC)[C@@H](OCCCN)[C@H](C)O2)[C@H](C)[C@@H](O[C@@H]2O[C@H](C)C[C@H](N(C)C)[C@H]2OC(C)=O)[C@](C)(OC)C[C@@H](C)/C(=N\O)[C@H](C)[C@H]2OC(=O)O[C@@]21C. The van der Waals surface area contributed by atoms with Crippen LogP contribution < -0.4 is 5.73 Å². The number of rotatable bonds is 13. The lowest BCUT2D eigenvalue weighted by Crippen LogP contribution is -2.62. The minimum Gasteiger partial charge on any atom is -0.458 e. The van der Waals surface area contributed by atoms with Crippen molar-refractivity contribution in [1.29, 1.82) is 0 Å². The van der Waals surface area contributed by atoms with Gasteiger partial charge in [-0.2, -0.15) is 0 Å². The molecule has 0 aromatic carbocycles. The molecule has 0 amide bonds. The van der Waals surface area contributed by atoms with Crippen LogP contribution in [0.3, 0.4) is 0 Å². The summed E-state index contributed by atoms with van der Waals surface area (Å²) in [7, 11) is 6.98. The summed E-state index contributed by atoms with van der Waals surface area (Å²) in [6, 6.07) is -0.274. The molecule has 0 unspecified atom stereocenters. The molecule has 0 aromatic rings. The van der Waals surface area contributed by atoms with Crippen molar-refractivity contribution in [3.05, 3.63) is 0 Å². The number of nitrogens with two attached hydrogens (primary N) is 1. The Hall–Kier alpha value is -2.68. The van der Waals surface area contributed by atoms with Crippen LogP contribution in [0, 0.1) is 23.7 Å². The Morgan fingerprint density at radius 3 is 2.13 bits per heavy atom. The number of oxime groups is 1. The van der Waals surface area contributed by atoms with Gasteiger partial charge in [-0.15, -0.1) is 0 Å². The molecule has 4 fully saturated rings. The molecular formula is C44H77N3O15. The molecule has 0 spiro atoms. The minimum atomic E-state index is -1.45. The number of likely N-dealkylation sites (N-methyl/N-ethyl adjacent to an activating group) is 1. The van der Waals surface area contributed by atoms with Crippen molar-refractivity contribution in [2.24, 2.45) is 34.6 Å². The summed E-state index contributed by atoms with van der Waals surface area (Å²) >= 11 is 0. The van der Waals surface area contributed by atoms with Crippen LogP contribution in [-0.2, 0) is 61.7 Å². The van der Waals surface area contributed by atoms with Gasteiger partial charge in [0.1, 0.15) is 12.2 Å². The van der Waals surface area contributed by atoms with E-state index in [4.69, 9.17) is 57.8 Å². The third kappa shape index (κ3) is 11.2. The summed E-state index contributed by atoms with van der Waals surface area (Å²) in [5, 5.41) is 14.4. The number of nitrogens with zero attached hydrogens (tertiary/aromatic N) is 2. The molecule has 4 heterocycles. The fourth-order valence-electron chi connectivity index (χ4n) is 10.3. The molecular weight excluding hydrogens is 810 g/mol. The van der Waals surface area contributed by atoms with E-state index in [2.05, 4.69) is 5.16 Å². The van der Waals surface area contributed by atoms with Crippen LogP contribution >= 0.6 is 0 Å². The van der Waals surface area contributed by atoms with Crippen LogP contribution in [0.25, 0.3) is 0 Å². The lowest BCUT2D eigenvalue weighted by Gasteiger charge is -2.50. The van der Waals surface area contributed by atoms with Gasteiger partial charge in [0, 0.05) is 51.9 Å². The maximum atomic E-state index is 14.7. The number of esters is 2. The highest BCUT2D eigenvalue weighted by molar-refractivity contribution is 5.89. The van der Waals surface area contributed by atoms with Gasteiger partial charge in [0.2, 0.25) is 0 Å². The van der Waals surface area contributed by atoms with Crippen LogP contribution in [-0.4, -0.2) is 160 Å². The molecule has 18 nitrogen and oxygen atoms in total. The van der Waals surface area contributed by atoms with Crippen molar-refractivity contribution >= 4 is 23.8 Å². The molecule has 0 saturated carbocycles. The number of carbonyl (C=O) groups excluding carboxylic acids is 3. The molecule has 62 heavy (non-hydrogen) atoms. The van der Waals surface area contributed by atoms with E-state index in [0.717, 1.165) is 0 Å². The normalized spacial score (nSPS) is 44.2. The number of fused-ring (bicyclic) bond motifs is 1. The molecule has 0 aromatic heterocycles. The fourth-order valence-corrected chi connectivity index (χ4v) is 10.3. The summed E-state index contributed by atoms with van der Waals surface area (Å²) < 4.78 is 70.0. The zero-order chi connectivity index (χ0) is 46.5. The lowest BCUT2D eigenvalue weighted by atomic mass is 9.73. The van der Waals surface area contributed by atoms with E-state index in [-0.39, 0.29) is 31.4 Å². The summed E-state index contributed by atoms with van der Waals surface area (Å²) in [5.74, 6) is -4.07. The molecule has 358 valence electrons. The van der Waals surface area contributed by atoms with Gasteiger partial charge in [-0.1, -0.05) is 32.9 Å². The van der Waals surface area contributed by atoms with Gasteiger partial charge in [-0.25, -0.2) is 4.79 Å². The zero-order valence-electron chi connectivity index (χ0n) is 39.7. The maximum Gasteiger partial charge on any atom is 0.509 e. The average Bonchev–Trinajstić information content (AvgIpc) is 3.52. The van der Waals surface area contributed by atoms with E-state index in [1.54, 1.807) is 35.0 Å². The summed E-state index contributed by atoms with van der Waals surface area (Å²) in [5.41, 5.74) is 2.50. The fraction of sp³-hybridized carbons (Fsp3) is 0.909. The first-order valence-corrected chi connectivity index (χ1v) is 22.2. The molecule has 4 saturated heterocycles. The second-order valence-electron chi connectivity index (χ2n) is 18.7. The lowest BCUT2D eigenvalue weighted by molar-refractivity contribution is -0.322. The summed E-state index contributed by atoms with van der Waals surface area (Å²) in [4.78, 5) is 42.3. The van der Waals surface area contributed by atoms with Crippen molar-refractivity contribution in [3.8, 4) is 0 Å². The number of hydrogen-bond acceptors (Lipinski definition) is 18. The monoisotopic (exact) mass is 888 g/mol. The van der Waals surface area contributed by atoms with Crippen molar-refractivity contribution in [1.82, 2.24) is 4.90 Å². The predicted octanol–water partition coefficient (Wildman–Crippen LogP) is 4.83. The molecule has 18 heteroatoms. The van der Waals surface area contributed by atoms with Crippen molar-refractivity contribution < 1.29 is 71.7 Å². The number of hydrogen-bond donors (Lipinski definition) is 2. The largest absolute Gasteiger partial charge is 0.509 e. The quantitative estimate of drug-likeness (QED) is 0.0833. The topological polar surface area (TPSA) is 215 Å². The molecule has 18 atom stereocenters. The van der Waals surface area contributed by atoms with Crippen LogP contribution in [0.4, 0.5) is 4.79 Å². The third-order valence-corrected chi connectivity index (χ3v) is 13.8. The first-order chi connectivity index (χ1) is 29.0. The Bertz CT molecular complexity index is 1540. The molecule has 0 radical (unpaired) electrons. The Labute approximate surface area is 368 Å². The molecule has 4 aliphatic rings. The van der Waals surface area contributed by atoms with Crippen molar-refractivity contribution in [2.45, 2.75) is 193 Å². The van der Waals surface area contributed by atoms with Crippen LogP contribution in [0.5, 0.6) is 0 Å². The van der Waals surface area contributed by atoms with Crippen LogP contribution in [0.1, 0.15) is 108 Å². The molecule has 0 aliphatic carbocycles. The first-order valence-electron chi connectivity index (χ1n) is 22.2. The Morgan fingerprint density at radius 2 is 1.56 bits per heavy atom. The predicted molar refractivity (Wildman–Crippen MR) is 225 cm³/mol. The first kappa shape index (κ1) is 51.9. The van der Waals surface area contributed by atoms with Gasteiger partial charge in [0.15, 0.2) is 30.4 Å². The van der Waals surface area contributed by atoms with E-state index >= 15 is 0 Å². The molecule has 0 bridgehead atoms. The second-order valence-corrected chi connectivity index (χ2v) is 18.7. The highest BCUT2D eigenvalue weighted by Crippen LogP contribution is 2.44. The standard InChI is InChI=1S/C44H77N3O15/c1-16-31-44(11)37(61-41(50)62-44)25(4)33(46-51)23(2)21-42(9,52-14)36(60-40-35(57-29(8)48)30(47(12)13)20-24(3)55-40)26(5)34(27(6)39(49)58-31)59-32-22-43(10,53-15)38(28(7)56-32)54-19-17-18-45/h23-28,30-32,34-38,40,51H,16-22,45H2,1-15H3/b46-33+/t23-,24-,25+,26+,27-,28+,30+,31-,32+,34+,35-,36-,37-,38+,40+,42-,43-,44-/m1/s1. The van der Waals surface area contributed by atoms with Gasteiger partial charge in [-0.05, 0) is 87.9 Å². The molecule has 4 aliphatic heterocycles. The van der Waals surface area contributed by atoms with E-state index < -0.39 is 114 Å². The van der Waals surface area contributed by atoms with Crippen molar-refractivity contribution in [3.63, 3.8) is 0 Å². The number of carbonyl (C=O) groups is 3. The minimum absolute atomic E-state index is 0.196. The molecule has 3 N–H and O–H groups in total. The maximum absolute atomic E-state index is 14.7. The third-order valence-electron chi connectivity index (χ3n) is 13.8. The van der Waals surface area contributed by atoms with Gasteiger partial charge in [0.25, 0.3) is 0 Å². The van der Waals surface area contributed by atoms with Gasteiger partial charge in [0.05, 0.1) is 53.3 Å². The Morgan fingerprint density at radius 1 is 0.919 bits per heavy atom. The Kier molecular flexibility index (Phi) is 18.0. The number of cyclic esters (lactones) is 1. The van der Waals surface area contributed by atoms with Gasteiger partial charge in [-0.3, -0.25) is 9.59 Å². The van der Waals surface area contributed by atoms with Crippen LogP contribution in [0.2, 0.25) is 0 Å². The average molecular weight is 888 g/mol. The highest BCUT2D eigenvalue weighted by atomic mass is 16.8. The number of ether oxygens (including phenoxy) is 11. The number of methoxy groups -OCH3 is 2. The van der Waals surface area contributed by atoms with E-state index in [9.17, 15) is 19.6 Å². The van der Waals surface area contributed by atoms with E-state index in [1.165, 1.54) is 6.92 Å². The highest BCUT2D eigenvalue weighted by Gasteiger charge is 2.59. The second kappa shape index (κ2) is 21.5.